The maximum absolute atomic E-state index is 13.4. The van der Waals surface area contributed by atoms with Crippen molar-refractivity contribution < 1.29 is 34.4 Å². The van der Waals surface area contributed by atoms with Crippen LogP contribution in [-0.4, -0.2) is 76.5 Å². The lowest BCUT2D eigenvalue weighted by atomic mass is 9.91. The predicted molar refractivity (Wildman–Crippen MR) is 211 cm³/mol. The number of aromatic hydroxyl groups is 1. The number of aromatic nitrogens is 1. The number of phenols is 1. The molecule has 6 N–H and O–H groups in total. The third-order valence-corrected chi connectivity index (χ3v) is 12.1. The SMILES string of the molecule is COc1cc(NC(=O)CCN(C)C2CCC(OC(=O)C(O)(c3cccs3)c3cccs3)CC2)c(Cl)cc1CNC[C@H](O)c1ccc(O)c2[nH]c(=O)ccc12. The number of esters is 1. The number of fused-ring (bicyclic) bond motifs is 1. The van der Waals surface area contributed by atoms with Gasteiger partial charge in [-0.3, -0.25) is 9.59 Å². The van der Waals surface area contributed by atoms with Crippen molar-refractivity contribution in [1.82, 2.24) is 15.2 Å². The molecule has 0 spiro atoms. The van der Waals surface area contributed by atoms with Crippen LogP contribution in [0, 0.1) is 0 Å². The van der Waals surface area contributed by atoms with E-state index in [0.717, 1.165) is 18.4 Å². The number of ether oxygens (including phenoxy) is 2. The first kappa shape index (κ1) is 39.4. The van der Waals surface area contributed by atoms with E-state index in [1.807, 2.05) is 17.8 Å². The number of methoxy groups -OCH3 is 1. The highest BCUT2D eigenvalue weighted by Gasteiger charge is 2.45. The minimum Gasteiger partial charge on any atom is -0.506 e. The molecule has 3 heterocycles. The number of aliphatic hydroxyl groups is 2. The summed E-state index contributed by atoms with van der Waals surface area (Å²) < 4.78 is 11.5. The Labute approximate surface area is 325 Å². The summed E-state index contributed by atoms with van der Waals surface area (Å²) in [6.45, 7) is 0.980. The Morgan fingerprint density at radius 2 is 1.76 bits per heavy atom. The molecular weight excluding hydrogens is 752 g/mol. The molecule has 0 aliphatic heterocycles. The van der Waals surface area contributed by atoms with E-state index in [9.17, 15) is 29.7 Å². The number of amides is 1. The number of anilines is 1. The van der Waals surface area contributed by atoms with Gasteiger partial charge in [0.25, 0.3) is 0 Å². The Morgan fingerprint density at radius 1 is 1.06 bits per heavy atom. The number of aromatic amines is 1. The Morgan fingerprint density at radius 3 is 2.41 bits per heavy atom. The maximum Gasteiger partial charge on any atom is 0.349 e. The zero-order valence-electron chi connectivity index (χ0n) is 29.8. The number of H-pyrrole nitrogens is 1. The van der Waals surface area contributed by atoms with Gasteiger partial charge in [-0.1, -0.05) is 29.8 Å². The van der Waals surface area contributed by atoms with Crippen molar-refractivity contribution in [2.45, 2.75) is 62.5 Å². The molecule has 1 aliphatic carbocycles. The summed E-state index contributed by atoms with van der Waals surface area (Å²) in [5.41, 5.74) is -0.241. The molecule has 54 heavy (non-hydrogen) atoms. The molecule has 12 nitrogen and oxygen atoms in total. The normalized spacial score (nSPS) is 16.7. The van der Waals surface area contributed by atoms with Gasteiger partial charge in [0.2, 0.25) is 17.1 Å². The molecule has 1 atom stereocenters. The molecule has 1 aliphatic rings. The Hall–Kier alpha value is -4.28. The van der Waals surface area contributed by atoms with E-state index in [1.54, 1.807) is 48.5 Å². The summed E-state index contributed by atoms with van der Waals surface area (Å²) in [4.78, 5) is 43.9. The average molecular weight is 795 g/mol. The Kier molecular flexibility index (Phi) is 12.7. The molecule has 286 valence electrons. The van der Waals surface area contributed by atoms with Gasteiger partial charge in [-0.2, -0.15) is 0 Å². The van der Waals surface area contributed by atoms with Crippen LogP contribution in [0.1, 0.15) is 59.1 Å². The van der Waals surface area contributed by atoms with Crippen LogP contribution in [0.25, 0.3) is 10.9 Å². The van der Waals surface area contributed by atoms with E-state index in [4.69, 9.17) is 21.1 Å². The minimum atomic E-state index is -1.83. The molecule has 15 heteroatoms. The van der Waals surface area contributed by atoms with Gasteiger partial charge in [0.15, 0.2) is 0 Å². The van der Waals surface area contributed by atoms with Crippen molar-refractivity contribution in [3.05, 3.63) is 108 Å². The first-order chi connectivity index (χ1) is 26.0. The molecule has 1 fully saturated rings. The Bertz CT molecular complexity index is 2080. The number of thiophene rings is 2. The number of nitrogens with zero attached hydrogens (tertiary/aromatic N) is 1. The fraction of sp³-hybridized carbons (Fsp3) is 0.359. The second-order valence-electron chi connectivity index (χ2n) is 13.4. The van der Waals surface area contributed by atoms with Gasteiger partial charge in [-0.05, 0) is 79.4 Å². The molecule has 2 aromatic carbocycles. The van der Waals surface area contributed by atoms with Gasteiger partial charge in [0.1, 0.15) is 17.6 Å². The molecule has 0 saturated heterocycles. The summed E-state index contributed by atoms with van der Waals surface area (Å²) in [6.07, 6.45) is 1.88. The second kappa shape index (κ2) is 17.5. The molecule has 0 radical (unpaired) electrons. The number of pyridine rings is 1. The number of aliphatic hydroxyl groups excluding tert-OH is 1. The van der Waals surface area contributed by atoms with E-state index in [2.05, 4.69) is 20.5 Å². The first-order valence-corrected chi connectivity index (χ1v) is 19.7. The van der Waals surface area contributed by atoms with Crippen molar-refractivity contribution in [2.75, 3.05) is 32.6 Å². The summed E-state index contributed by atoms with van der Waals surface area (Å²) in [7, 11) is 3.51. The highest BCUT2D eigenvalue weighted by atomic mass is 35.5. The molecule has 6 rings (SSSR count). The van der Waals surface area contributed by atoms with Gasteiger partial charge in [-0.15, -0.1) is 22.7 Å². The van der Waals surface area contributed by atoms with E-state index in [0.29, 0.717) is 63.1 Å². The third kappa shape index (κ3) is 8.81. The van der Waals surface area contributed by atoms with Crippen LogP contribution in [0.5, 0.6) is 11.5 Å². The fourth-order valence-electron chi connectivity index (χ4n) is 6.83. The summed E-state index contributed by atoms with van der Waals surface area (Å²) >= 11 is 9.23. The van der Waals surface area contributed by atoms with Crippen molar-refractivity contribution >= 4 is 62.7 Å². The van der Waals surface area contributed by atoms with Crippen LogP contribution < -0.4 is 20.9 Å². The van der Waals surface area contributed by atoms with Crippen molar-refractivity contribution in [3.63, 3.8) is 0 Å². The van der Waals surface area contributed by atoms with Crippen LogP contribution in [0.3, 0.4) is 0 Å². The van der Waals surface area contributed by atoms with Crippen LogP contribution in [0.15, 0.2) is 76.2 Å². The van der Waals surface area contributed by atoms with Crippen LogP contribution in [-0.2, 0) is 26.5 Å². The highest BCUT2D eigenvalue weighted by molar-refractivity contribution is 7.12. The predicted octanol–water partition coefficient (Wildman–Crippen LogP) is 5.89. The van der Waals surface area contributed by atoms with Gasteiger partial charge < -0.3 is 45.3 Å². The summed E-state index contributed by atoms with van der Waals surface area (Å²) in [6, 6.07) is 16.6. The standard InChI is InChI=1S/C39H43ClN4O8S2/c1-44(24-7-9-25(10-8-24)52-38(49)39(50,33-5-3-17-53-33)34-6-4-18-54-34)16-15-36(48)42-29-20-32(51-2)23(19-28(29)40)21-41-22-31(46)26-11-13-30(45)37-27(26)12-14-35(47)43-37/h3-6,11-14,17-20,24-25,31,41,45-46,50H,7-10,15-16,21-22H2,1-2H3,(H,42,48)(H,43,47)/t24?,25?,31-/m0/s1. The van der Waals surface area contributed by atoms with E-state index in [-0.39, 0.29) is 47.8 Å². The maximum atomic E-state index is 13.4. The van der Waals surface area contributed by atoms with Crippen molar-refractivity contribution in [2.24, 2.45) is 0 Å². The number of hydrogen-bond donors (Lipinski definition) is 6. The lowest BCUT2D eigenvalue weighted by molar-refractivity contribution is -0.169. The van der Waals surface area contributed by atoms with E-state index < -0.39 is 17.7 Å². The van der Waals surface area contributed by atoms with Gasteiger partial charge in [0, 0.05) is 55.2 Å². The fourth-order valence-corrected chi connectivity index (χ4v) is 8.77. The number of hydrogen-bond acceptors (Lipinski definition) is 12. The number of benzene rings is 2. The number of carbonyl (C=O) groups excluding carboxylic acids is 2. The lowest BCUT2D eigenvalue weighted by Gasteiger charge is -2.35. The van der Waals surface area contributed by atoms with Gasteiger partial charge in [0.05, 0.1) is 39.2 Å². The smallest absolute Gasteiger partial charge is 0.349 e. The number of halogens is 1. The van der Waals surface area contributed by atoms with Gasteiger partial charge in [-0.25, -0.2) is 4.79 Å². The average Bonchev–Trinajstić information content (AvgIpc) is 3.92. The zero-order chi connectivity index (χ0) is 38.4. The van der Waals surface area contributed by atoms with Crippen molar-refractivity contribution in [3.8, 4) is 11.5 Å². The zero-order valence-corrected chi connectivity index (χ0v) is 32.2. The molecule has 0 bridgehead atoms. The lowest BCUT2D eigenvalue weighted by Crippen LogP contribution is -2.42. The van der Waals surface area contributed by atoms with Crippen LogP contribution in [0.4, 0.5) is 5.69 Å². The third-order valence-electron chi connectivity index (χ3n) is 9.85. The number of nitrogens with one attached hydrogen (secondary N) is 3. The molecular formula is C39H43ClN4O8S2. The monoisotopic (exact) mass is 794 g/mol. The highest BCUT2D eigenvalue weighted by Crippen LogP contribution is 2.38. The van der Waals surface area contributed by atoms with Crippen LogP contribution >= 0.6 is 34.3 Å². The Balaban J connectivity index is 0.965. The number of phenolic OH excluding ortho intramolecular Hbond substituents is 1. The number of carbonyl (C=O) groups is 2. The molecule has 5 aromatic rings. The summed E-state index contributed by atoms with van der Waals surface area (Å²) in [5, 5.41) is 43.2. The molecule has 1 saturated carbocycles. The molecule has 0 unspecified atom stereocenters. The molecule has 1 amide bonds. The topological polar surface area (TPSA) is 173 Å². The largest absolute Gasteiger partial charge is 0.506 e. The first-order valence-electron chi connectivity index (χ1n) is 17.6. The van der Waals surface area contributed by atoms with E-state index in [1.165, 1.54) is 41.9 Å². The van der Waals surface area contributed by atoms with E-state index >= 15 is 0 Å². The number of rotatable bonds is 15. The molecule has 3 aromatic heterocycles. The van der Waals surface area contributed by atoms with Gasteiger partial charge >= 0.3 is 5.97 Å². The summed E-state index contributed by atoms with van der Waals surface area (Å²) in [5.74, 6) is -0.436. The van der Waals surface area contributed by atoms with Crippen molar-refractivity contribution in [1.29, 1.82) is 0 Å². The minimum absolute atomic E-state index is 0.0829. The second-order valence-corrected chi connectivity index (χ2v) is 15.7. The quantitative estimate of drug-likeness (QED) is 0.0702. The van der Waals surface area contributed by atoms with Crippen LogP contribution in [0.2, 0.25) is 5.02 Å².